The number of hydrogen-bond donors (Lipinski definition) is 2. The predicted molar refractivity (Wildman–Crippen MR) is 96.5 cm³/mol. The number of rotatable bonds is 4. The fraction of sp³-hybridized carbons (Fsp3) is 0.500. The lowest BCUT2D eigenvalue weighted by Gasteiger charge is -2.27. The molecule has 1 aromatic heterocycles. The van der Waals surface area contributed by atoms with E-state index in [0.29, 0.717) is 29.0 Å². The zero-order valence-electron chi connectivity index (χ0n) is 14.5. The van der Waals surface area contributed by atoms with E-state index in [9.17, 15) is 4.79 Å². The summed E-state index contributed by atoms with van der Waals surface area (Å²) in [5.74, 6) is 1.36. The van der Waals surface area contributed by atoms with Gasteiger partial charge in [-0.3, -0.25) is 4.79 Å². The highest BCUT2D eigenvalue weighted by Crippen LogP contribution is 2.27. The maximum atomic E-state index is 12.5. The molecule has 1 aromatic carbocycles. The standard InChI is InChI=1S/C16H22N6O2.ClH/c1-10-8-12(6-7-17-10)16(23)18-13-4-5-15(24-3)14(9-13)22-11(2)19-20-21-22;/h4-5,9-10,12,17H,6-8H2,1-3H3,(H,18,23);1H/t10-,12-;/m0./s1. The fourth-order valence-corrected chi connectivity index (χ4v) is 3.00. The van der Waals surface area contributed by atoms with Gasteiger partial charge in [-0.1, -0.05) is 0 Å². The zero-order chi connectivity index (χ0) is 17.1. The van der Waals surface area contributed by atoms with Gasteiger partial charge in [-0.2, -0.15) is 4.68 Å². The molecule has 8 nitrogen and oxygen atoms in total. The lowest BCUT2D eigenvalue weighted by Crippen LogP contribution is -2.40. The Hall–Kier alpha value is -2.19. The molecule has 2 aromatic rings. The van der Waals surface area contributed by atoms with Crippen molar-refractivity contribution in [1.82, 2.24) is 25.5 Å². The van der Waals surface area contributed by atoms with Crippen molar-refractivity contribution in [2.75, 3.05) is 19.0 Å². The number of aryl methyl sites for hydroxylation is 1. The molecule has 1 fully saturated rings. The smallest absolute Gasteiger partial charge is 0.227 e. The second kappa shape index (κ2) is 8.26. The molecular weight excluding hydrogens is 344 g/mol. The number of tetrazole rings is 1. The molecule has 1 amide bonds. The van der Waals surface area contributed by atoms with E-state index in [4.69, 9.17) is 4.74 Å². The lowest BCUT2D eigenvalue weighted by atomic mass is 9.92. The van der Waals surface area contributed by atoms with Crippen LogP contribution in [0.3, 0.4) is 0 Å². The number of piperidine rings is 1. The number of carbonyl (C=O) groups is 1. The fourth-order valence-electron chi connectivity index (χ4n) is 3.00. The lowest BCUT2D eigenvalue weighted by molar-refractivity contribution is -0.120. The maximum Gasteiger partial charge on any atom is 0.227 e. The highest BCUT2D eigenvalue weighted by Gasteiger charge is 2.25. The quantitative estimate of drug-likeness (QED) is 0.855. The molecule has 25 heavy (non-hydrogen) atoms. The van der Waals surface area contributed by atoms with Crippen LogP contribution in [0.2, 0.25) is 0 Å². The molecule has 0 spiro atoms. The van der Waals surface area contributed by atoms with Crippen molar-refractivity contribution in [1.29, 1.82) is 0 Å². The molecule has 0 saturated carbocycles. The monoisotopic (exact) mass is 366 g/mol. The number of methoxy groups -OCH3 is 1. The first-order chi connectivity index (χ1) is 11.6. The summed E-state index contributed by atoms with van der Waals surface area (Å²) >= 11 is 0. The normalized spacial score (nSPS) is 19.8. The third kappa shape index (κ3) is 4.26. The Morgan fingerprint density at radius 2 is 2.24 bits per heavy atom. The number of anilines is 1. The Labute approximate surface area is 152 Å². The molecule has 1 aliphatic heterocycles. The molecule has 136 valence electrons. The number of carbonyl (C=O) groups excluding carboxylic acids is 1. The van der Waals surface area contributed by atoms with E-state index in [1.54, 1.807) is 24.8 Å². The molecular formula is C16H23ClN6O2. The number of hydrogen-bond acceptors (Lipinski definition) is 6. The zero-order valence-corrected chi connectivity index (χ0v) is 15.3. The Morgan fingerprint density at radius 1 is 1.44 bits per heavy atom. The number of nitrogens with one attached hydrogen (secondary N) is 2. The van der Waals surface area contributed by atoms with Gasteiger partial charge >= 0.3 is 0 Å². The van der Waals surface area contributed by atoms with Crippen LogP contribution in [0, 0.1) is 12.8 Å². The molecule has 1 saturated heterocycles. The minimum Gasteiger partial charge on any atom is -0.494 e. The van der Waals surface area contributed by atoms with Crippen molar-refractivity contribution in [2.45, 2.75) is 32.7 Å². The summed E-state index contributed by atoms with van der Waals surface area (Å²) in [4.78, 5) is 12.5. The second-order valence-electron chi connectivity index (χ2n) is 6.09. The van der Waals surface area contributed by atoms with Crippen LogP contribution in [0.5, 0.6) is 5.75 Å². The first-order valence-corrected chi connectivity index (χ1v) is 8.06. The van der Waals surface area contributed by atoms with Crippen molar-refractivity contribution in [3.63, 3.8) is 0 Å². The molecule has 0 aliphatic carbocycles. The van der Waals surface area contributed by atoms with Crippen molar-refractivity contribution in [3.8, 4) is 11.4 Å². The van der Waals surface area contributed by atoms with Crippen molar-refractivity contribution in [3.05, 3.63) is 24.0 Å². The van der Waals surface area contributed by atoms with Crippen LogP contribution in [0.1, 0.15) is 25.6 Å². The van der Waals surface area contributed by atoms with Gasteiger partial charge in [0.2, 0.25) is 5.91 Å². The molecule has 2 N–H and O–H groups in total. The number of amides is 1. The predicted octanol–water partition coefficient (Wildman–Crippen LogP) is 1.73. The summed E-state index contributed by atoms with van der Waals surface area (Å²) in [7, 11) is 1.59. The highest BCUT2D eigenvalue weighted by atomic mass is 35.5. The minimum atomic E-state index is 0. The van der Waals surface area contributed by atoms with Gasteiger partial charge in [0.1, 0.15) is 11.4 Å². The number of halogens is 1. The number of ether oxygens (including phenoxy) is 1. The Balaban J connectivity index is 0.00000225. The first kappa shape index (κ1) is 19.1. The topological polar surface area (TPSA) is 94.0 Å². The molecule has 0 bridgehead atoms. The van der Waals surface area contributed by atoms with Gasteiger partial charge in [0.25, 0.3) is 0 Å². The Morgan fingerprint density at radius 3 is 2.88 bits per heavy atom. The second-order valence-corrected chi connectivity index (χ2v) is 6.09. The van der Waals surface area contributed by atoms with E-state index in [0.717, 1.165) is 19.4 Å². The largest absolute Gasteiger partial charge is 0.494 e. The van der Waals surface area contributed by atoms with E-state index in [1.165, 1.54) is 0 Å². The maximum absolute atomic E-state index is 12.5. The van der Waals surface area contributed by atoms with E-state index in [-0.39, 0.29) is 24.2 Å². The van der Waals surface area contributed by atoms with Gasteiger partial charge in [0, 0.05) is 17.6 Å². The van der Waals surface area contributed by atoms with Gasteiger partial charge < -0.3 is 15.4 Å². The minimum absolute atomic E-state index is 0. The molecule has 2 atom stereocenters. The summed E-state index contributed by atoms with van der Waals surface area (Å²) in [5, 5.41) is 17.9. The van der Waals surface area contributed by atoms with Gasteiger partial charge in [0.15, 0.2) is 5.82 Å². The van der Waals surface area contributed by atoms with Crippen molar-refractivity contribution in [2.24, 2.45) is 5.92 Å². The van der Waals surface area contributed by atoms with Gasteiger partial charge in [-0.05, 0) is 61.9 Å². The van der Waals surface area contributed by atoms with Crippen LogP contribution < -0.4 is 15.4 Å². The molecule has 2 heterocycles. The van der Waals surface area contributed by atoms with Crippen LogP contribution in [-0.4, -0.2) is 45.8 Å². The molecule has 0 radical (unpaired) electrons. The van der Waals surface area contributed by atoms with Crippen molar-refractivity contribution >= 4 is 24.0 Å². The molecule has 3 rings (SSSR count). The van der Waals surface area contributed by atoms with Gasteiger partial charge in [0.05, 0.1) is 7.11 Å². The van der Waals surface area contributed by atoms with E-state index < -0.39 is 0 Å². The van der Waals surface area contributed by atoms with Crippen LogP contribution in [-0.2, 0) is 4.79 Å². The van der Waals surface area contributed by atoms with E-state index in [2.05, 4.69) is 33.1 Å². The third-order valence-electron chi connectivity index (χ3n) is 4.29. The van der Waals surface area contributed by atoms with E-state index >= 15 is 0 Å². The average molecular weight is 367 g/mol. The number of aromatic nitrogens is 4. The van der Waals surface area contributed by atoms with E-state index in [1.807, 2.05) is 12.1 Å². The summed E-state index contributed by atoms with van der Waals surface area (Å²) < 4.78 is 6.96. The third-order valence-corrected chi connectivity index (χ3v) is 4.29. The first-order valence-electron chi connectivity index (χ1n) is 8.06. The Bertz CT molecular complexity index is 735. The van der Waals surface area contributed by atoms with Crippen molar-refractivity contribution < 1.29 is 9.53 Å². The summed E-state index contributed by atoms with van der Waals surface area (Å²) in [6.45, 7) is 4.78. The Kier molecular flexibility index (Phi) is 6.33. The van der Waals surface area contributed by atoms with Gasteiger partial charge in [-0.25, -0.2) is 0 Å². The summed E-state index contributed by atoms with van der Waals surface area (Å²) in [6, 6.07) is 5.82. The molecule has 1 aliphatic rings. The number of benzene rings is 1. The molecule has 0 unspecified atom stereocenters. The van der Waals surface area contributed by atoms with Crippen LogP contribution >= 0.6 is 12.4 Å². The average Bonchev–Trinajstić information content (AvgIpc) is 3.00. The van der Waals surface area contributed by atoms with Crippen LogP contribution in [0.4, 0.5) is 5.69 Å². The summed E-state index contributed by atoms with van der Waals surface area (Å²) in [5.41, 5.74) is 1.40. The van der Waals surface area contributed by atoms with Gasteiger partial charge in [-0.15, -0.1) is 17.5 Å². The number of nitrogens with zero attached hydrogens (tertiary/aromatic N) is 4. The SMILES string of the molecule is COc1ccc(NC(=O)[C@H]2CCN[C@@H](C)C2)cc1-n1nnnc1C.Cl. The highest BCUT2D eigenvalue weighted by molar-refractivity contribution is 5.93. The van der Waals surface area contributed by atoms with Crippen LogP contribution in [0.15, 0.2) is 18.2 Å². The molecule has 9 heteroatoms. The summed E-state index contributed by atoms with van der Waals surface area (Å²) in [6.07, 6.45) is 1.70. The van der Waals surface area contributed by atoms with Crippen LogP contribution in [0.25, 0.3) is 5.69 Å².